The highest BCUT2D eigenvalue weighted by atomic mass is 16.5. The fourth-order valence-corrected chi connectivity index (χ4v) is 2.72. The number of hydrazine groups is 1. The van der Waals surface area contributed by atoms with Crippen LogP contribution in [0.5, 0.6) is 0 Å². The molecule has 0 bridgehead atoms. The third kappa shape index (κ3) is 5.28. The summed E-state index contributed by atoms with van der Waals surface area (Å²) in [6.07, 6.45) is 10.6. The number of hydrogen-bond acceptors (Lipinski definition) is 3. The van der Waals surface area contributed by atoms with Crippen LogP contribution in [0.15, 0.2) is 0 Å². The minimum atomic E-state index is 0.499. The maximum absolute atomic E-state index is 5.68. The lowest BCUT2D eigenvalue weighted by Crippen LogP contribution is -2.41. The molecule has 0 aromatic rings. The van der Waals surface area contributed by atoms with E-state index >= 15 is 0 Å². The molecule has 1 atom stereocenters. The van der Waals surface area contributed by atoms with Crippen molar-refractivity contribution in [3.05, 3.63) is 0 Å². The van der Waals surface area contributed by atoms with E-state index in [2.05, 4.69) is 5.43 Å². The fraction of sp³-hybridized carbons (Fsp3) is 1.00. The van der Waals surface area contributed by atoms with E-state index in [1.54, 1.807) is 0 Å². The predicted molar refractivity (Wildman–Crippen MR) is 68.0 cm³/mol. The molecule has 1 aliphatic rings. The zero-order valence-corrected chi connectivity index (χ0v) is 10.7. The van der Waals surface area contributed by atoms with Crippen molar-refractivity contribution in [3.8, 4) is 0 Å². The van der Waals surface area contributed by atoms with Crippen molar-refractivity contribution in [2.75, 3.05) is 13.2 Å². The standard InChI is InChI=1S/C13H28N2O/c1-2-16-11-7-10-13(15-14)12-8-5-3-4-6-9-12/h12-13,15H,2-11,14H2,1H3. The van der Waals surface area contributed by atoms with Crippen molar-refractivity contribution >= 4 is 0 Å². The van der Waals surface area contributed by atoms with E-state index in [0.717, 1.165) is 32.0 Å². The Morgan fingerprint density at radius 1 is 1.25 bits per heavy atom. The van der Waals surface area contributed by atoms with Gasteiger partial charge in [-0.05, 0) is 38.5 Å². The molecule has 0 saturated heterocycles. The van der Waals surface area contributed by atoms with Crippen LogP contribution in [0, 0.1) is 5.92 Å². The van der Waals surface area contributed by atoms with Crippen molar-refractivity contribution in [3.63, 3.8) is 0 Å². The number of ether oxygens (including phenoxy) is 1. The van der Waals surface area contributed by atoms with Crippen LogP contribution in [0.4, 0.5) is 0 Å². The Bertz CT molecular complexity index is 156. The van der Waals surface area contributed by atoms with Gasteiger partial charge in [-0.25, -0.2) is 0 Å². The van der Waals surface area contributed by atoms with Gasteiger partial charge in [0, 0.05) is 19.3 Å². The van der Waals surface area contributed by atoms with E-state index < -0.39 is 0 Å². The molecule has 1 rings (SSSR count). The van der Waals surface area contributed by atoms with E-state index in [1.165, 1.54) is 38.5 Å². The molecule has 3 nitrogen and oxygen atoms in total. The van der Waals surface area contributed by atoms with Crippen LogP contribution in [-0.4, -0.2) is 19.3 Å². The van der Waals surface area contributed by atoms with Gasteiger partial charge in [0.2, 0.25) is 0 Å². The summed E-state index contributed by atoms with van der Waals surface area (Å²) in [7, 11) is 0. The molecular weight excluding hydrogens is 200 g/mol. The summed E-state index contributed by atoms with van der Waals surface area (Å²) in [5.74, 6) is 6.46. The van der Waals surface area contributed by atoms with Crippen molar-refractivity contribution in [1.29, 1.82) is 0 Å². The second kappa shape index (κ2) is 8.97. The average Bonchev–Trinajstić information content (AvgIpc) is 2.58. The van der Waals surface area contributed by atoms with Gasteiger partial charge in [-0.15, -0.1) is 0 Å². The Labute approximate surface area is 100 Å². The summed E-state index contributed by atoms with van der Waals surface area (Å²) in [5, 5.41) is 0. The molecule has 1 aliphatic carbocycles. The molecule has 0 aliphatic heterocycles. The average molecular weight is 228 g/mol. The molecule has 0 aromatic heterocycles. The van der Waals surface area contributed by atoms with E-state index in [9.17, 15) is 0 Å². The molecule has 1 saturated carbocycles. The van der Waals surface area contributed by atoms with Gasteiger partial charge in [-0.2, -0.15) is 0 Å². The highest BCUT2D eigenvalue weighted by Gasteiger charge is 2.21. The zero-order valence-electron chi connectivity index (χ0n) is 10.7. The summed E-state index contributed by atoms with van der Waals surface area (Å²) in [6, 6.07) is 0.499. The predicted octanol–water partition coefficient (Wildman–Crippen LogP) is 2.61. The lowest BCUT2D eigenvalue weighted by Gasteiger charge is -2.25. The monoisotopic (exact) mass is 228 g/mol. The van der Waals surface area contributed by atoms with Crippen molar-refractivity contribution in [2.45, 2.75) is 64.3 Å². The molecule has 0 spiro atoms. The van der Waals surface area contributed by atoms with Gasteiger partial charge in [0.25, 0.3) is 0 Å². The quantitative estimate of drug-likeness (QED) is 0.305. The van der Waals surface area contributed by atoms with Crippen LogP contribution in [0.2, 0.25) is 0 Å². The molecule has 0 heterocycles. The van der Waals surface area contributed by atoms with E-state index in [-0.39, 0.29) is 0 Å². The molecule has 0 radical (unpaired) electrons. The third-order valence-electron chi connectivity index (χ3n) is 3.69. The van der Waals surface area contributed by atoms with Crippen LogP contribution in [-0.2, 0) is 4.74 Å². The van der Waals surface area contributed by atoms with Gasteiger partial charge in [-0.1, -0.05) is 25.7 Å². The second-order valence-electron chi connectivity index (χ2n) is 4.86. The van der Waals surface area contributed by atoms with Gasteiger partial charge in [0.05, 0.1) is 0 Å². The minimum absolute atomic E-state index is 0.499. The number of rotatable bonds is 7. The molecular formula is C13H28N2O. The van der Waals surface area contributed by atoms with Crippen LogP contribution in [0.3, 0.4) is 0 Å². The first kappa shape index (κ1) is 13.9. The number of nitrogens with one attached hydrogen (secondary N) is 1. The normalized spacial score (nSPS) is 20.6. The smallest absolute Gasteiger partial charge is 0.0466 e. The maximum atomic E-state index is 5.68. The molecule has 1 fully saturated rings. The maximum Gasteiger partial charge on any atom is 0.0466 e. The van der Waals surface area contributed by atoms with E-state index in [0.29, 0.717) is 6.04 Å². The topological polar surface area (TPSA) is 47.3 Å². The third-order valence-corrected chi connectivity index (χ3v) is 3.69. The summed E-state index contributed by atoms with van der Waals surface area (Å²) < 4.78 is 5.37. The first-order valence-corrected chi connectivity index (χ1v) is 6.92. The Kier molecular flexibility index (Phi) is 7.81. The van der Waals surface area contributed by atoms with Crippen molar-refractivity contribution in [2.24, 2.45) is 11.8 Å². The van der Waals surface area contributed by atoms with Gasteiger partial charge in [0.1, 0.15) is 0 Å². The summed E-state index contributed by atoms with van der Waals surface area (Å²) in [6.45, 7) is 3.75. The lowest BCUT2D eigenvalue weighted by molar-refractivity contribution is 0.137. The Morgan fingerprint density at radius 2 is 1.94 bits per heavy atom. The molecule has 96 valence electrons. The summed E-state index contributed by atoms with van der Waals surface area (Å²) in [4.78, 5) is 0. The molecule has 16 heavy (non-hydrogen) atoms. The Balaban J connectivity index is 2.22. The van der Waals surface area contributed by atoms with Crippen LogP contribution in [0.1, 0.15) is 58.3 Å². The second-order valence-corrected chi connectivity index (χ2v) is 4.86. The molecule has 0 amide bonds. The molecule has 1 unspecified atom stereocenters. The highest BCUT2D eigenvalue weighted by molar-refractivity contribution is 4.76. The SMILES string of the molecule is CCOCCCC(NN)C1CCCCCC1. The molecule has 3 heteroatoms. The largest absolute Gasteiger partial charge is 0.382 e. The molecule has 3 N–H and O–H groups in total. The van der Waals surface area contributed by atoms with Crippen molar-refractivity contribution in [1.82, 2.24) is 5.43 Å². The number of hydrogen-bond donors (Lipinski definition) is 2. The number of nitrogens with two attached hydrogens (primary N) is 1. The first-order valence-electron chi connectivity index (χ1n) is 6.92. The first-order chi connectivity index (χ1) is 7.88. The van der Waals surface area contributed by atoms with Crippen LogP contribution < -0.4 is 11.3 Å². The fourth-order valence-electron chi connectivity index (χ4n) is 2.72. The van der Waals surface area contributed by atoms with Gasteiger partial charge >= 0.3 is 0 Å². The van der Waals surface area contributed by atoms with Gasteiger partial charge in [0.15, 0.2) is 0 Å². The van der Waals surface area contributed by atoms with E-state index in [1.807, 2.05) is 6.92 Å². The Hall–Kier alpha value is -0.120. The van der Waals surface area contributed by atoms with Crippen LogP contribution in [0.25, 0.3) is 0 Å². The van der Waals surface area contributed by atoms with Crippen molar-refractivity contribution < 1.29 is 4.74 Å². The van der Waals surface area contributed by atoms with Crippen LogP contribution >= 0.6 is 0 Å². The summed E-state index contributed by atoms with van der Waals surface area (Å²) in [5.41, 5.74) is 3.02. The van der Waals surface area contributed by atoms with E-state index in [4.69, 9.17) is 10.6 Å². The van der Waals surface area contributed by atoms with Gasteiger partial charge < -0.3 is 4.74 Å². The highest BCUT2D eigenvalue weighted by Crippen LogP contribution is 2.27. The lowest BCUT2D eigenvalue weighted by atomic mass is 9.89. The minimum Gasteiger partial charge on any atom is -0.382 e. The summed E-state index contributed by atoms with van der Waals surface area (Å²) >= 11 is 0. The zero-order chi connectivity index (χ0) is 11.6. The van der Waals surface area contributed by atoms with Gasteiger partial charge in [-0.3, -0.25) is 11.3 Å². The Morgan fingerprint density at radius 3 is 2.50 bits per heavy atom. The molecule has 0 aromatic carbocycles.